The summed E-state index contributed by atoms with van der Waals surface area (Å²) in [5, 5.41) is 0. The molecule has 2 rings (SSSR count). The maximum atomic E-state index is 5.70. The van der Waals surface area contributed by atoms with Gasteiger partial charge in [0.05, 0.1) is 13.7 Å². The molecule has 0 saturated carbocycles. The molecule has 1 aromatic carbocycles. The molecule has 0 bridgehead atoms. The standard InChI is InChI=1S/C12H16O3/c1-4-6-14-11-8(5-2)9(13-3)7-10-12(11)15-10/h7H,4-6H2,1-3H3. The van der Waals surface area contributed by atoms with Crippen LogP contribution in [0.25, 0.3) is 0 Å². The van der Waals surface area contributed by atoms with Crippen LogP contribution in [-0.2, 0) is 6.42 Å². The molecule has 3 heteroatoms. The van der Waals surface area contributed by atoms with Crippen LogP contribution in [0.1, 0.15) is 25.8 Å². The molecule has 1 aromatic rings. The van der Waals surface area contributed by atoms with E-state index in [9.17, 15) is 0 Å². The summed E-state index contributed by atoms with van der Waals surface area (Å²) in [6, 6.07) is 1.92. The molecular formula is C12H16O3. The molecule has 1 heterocycles. The highest BCUT2D eigenvalue weighted by Gasteiger charge is 2.31. The van der Waals surface area contributed by atoms with E-state index in [-0.39, 0.29) is 0 Å². The van der Waals surface area contributed by atoms with E-state index < -0.39 is 0 Å². The number of methoxy groups -OCH3 is 1. The molecule has 0 aromatic heterocycles. The zero-order chi connectivity index (χ0) is 10.8. The van der Waals surface area contributed by atoms with Gasteiger partial charge in [-0.2, -0.15) is 0 Å². The van der Waals surface area contributed by atoms with Gasteiger partial charge in [0.25, 0.3) is 0 Å². The monoisotopic (exact) mass is 208 g/mol. The lowest BCUT2D eigenvalue weighted by Gasteiger charge is -2.10. The SMILES string of the molecule is CCCOc1c(CC)c(OC)cc2c1O2. The van der Waals surface area contributed by atoms with Crippen LogP contribution in [-0.4, -0.2) is 13.7 Å². The Hall–Kier alpha value is -1.38. The minimum atomic E-state index is 0.718. The summed E-state index contributed by atoms with van der Waals surface area (Å²) in [4.78, 5) is 0. The van der Waals surface area contributed by atoms with Gasteiger partial charge < -0.3 is 14.2 Å². The number of benzene rings is 1. The fourth-order valence-corrected chi connectivity index (χ4v) is 1.67. The summed E-state index contributed by atoms with van der Waals surface area (Å²) in [6.45, 7) is 4.90. The first kappa shape index (κ1) is 10.1. The van der Waals surface area contributed by atoms with Gasteiger partial charge in [-0.1, -0.05) is 13.8 Å². The lowest BCUT2D eigenvalue weighted by atomic mass is 10.1. The third-order valence-electron chi connectivity index (χ3n) is 2.46. The van der Waals surface area contributed by atoms with E-state index in [1.807, 2.05) is 6.07 Å². The van der Waals surface area contributed by atoms with Crippen molar-refractivity contribution < 1.29 is 14.2 Å². The smallest absolute Gasteiger partial charge is 0.212 e. The molecule has 0 saturated heterocycles. The normalized spacial score (nSPS) is 11.7. The molecule has 1 aliphatic heterocycles. The van der Waals surface area contributed by atoms with E-state index in [0.29, 0.717) is 0 Å². The number of hydrogen-bond donors (Lipinski definition) is 0. The summed E-state index contributed by atoms with van der Waals surface area (Å²) in [5.74, 6) is 3.50. The average molecular weight is 208 g/mol. The van der Waals surface area contributed by atoms with E-state index >= 15 is 0 Å². The van der Waals surface area contributed by atoms with Crippen molar-refractivity contribution in [3.63, 3.8) is 0 Å². The summed E-state index contributed by atoms with van der Waals surface area (Å²) >= 11 is 0. The summed E-state index contributed by atoms with van der Waals surface area (Å²) in [6.07, 6.45) is 1.88. The molecule has 0 fully saturated rings. The molecule has 3 nitrogen and oxygen atoms in total. The topological polar surface area (TPSA) is 31.0 Å². The number of rotatable bonds is 5. The second-order valence-electron chi connectivity index (χ2n) is 3.52. The summed E-state index contributed by atoms with van der Waals surface area (Å²) in [5.41, 5.74) is 1.10. The molecular weight excluding hydrogens is 192 g/mol. The van der Waals surface area contributed by atoms with Crippen molar-refractivity contribution in [3.8, 4) is 23.0 Å². The highest BCUT2D eigenvalue weighted by Crippen LogP contribution is 2.57. The summed E-state index contributed by atoms with van der Waals surface area (Å²) in [7, 11) is 1.67. The molecule has 82 valence electrons. The predicted molar refractivity (Wildman–Crippen MR) is 58.2 cm³/mol. The zero-order valence-electron chi connectivity index (χ0n) is 9.42. The minimum Gasteiger partial charge on any atom is -0.496 e. The maximum Gasteiger partial charge on any atom is 0.212 e. The Morgan fingerprint density at radius 1 is 1.33 bits per heavy atom. The Balaban J connectivity index is 2.34. The van der Waals surface area contributed by atoms with Gasteiger partial charge in [-0.05, 0) is 12.8 Å². The van der Waals surface area contributed by atoms with Crippen molar-refractivity contribution in [1.82, 2.24) is 0 Å². The summed E-state index contributed by atoms with van der Waals surface area (Å²) < 4.78 is 16.4. The van der Waals surface area contributed by atoms with E-state index in [4.69, 9.17) is 14.2 Å². The number of ether oxygens (including phenoxy) is 3. The van der Waals surface area contributed by atoms with Crippen LogP contribution in [0.3, 0.4) is 0 Å². The van der Waals surface area contributed by atoms with Crippen molar-refractivity contribution in [2.24, 2.45) is 0 Å². The molecule has 0 amide bonds. The zero-order valence-corrected chi connectivity index (χ0v) is 9.42. The maximum absolute atomic E-state index is 5.70. The van der Waals surface area contributed by atoms with Crippen LogP contribution in [0.4, 0.5) is 0 Å². The van der Waals surface area contributed by atoms with Gasteiger partial charge >= 0.3 is 0 Å². The Morgan fingerprint density at radius 2 is 2.13 bits per heavy atom. The molecule has 0 N–H and O–H groups in total. The second kappa shape index (κ2) is 4.01. The molecule has 0 radical (unpaired) electrons. The van der Waals surface area contributed by atoms with E-state index in [1.165, 1.54) is 0 Å². The van der Waals surface area contributed by atoms with Crippen LogP contribution in [0.5, 0.6) is 23.0 Å². The van der Waals surface area contributed by atoms with Gasteiger partial charge in [0.2, 0.25) is 5.75 Å². The average Bonchev–Trinajstić information content (AvgIpc) is 3.03. The predicted octanol–water partition coefficient (Wildman–Crippen LogP) is 3.15. The third kappa shape index (κ3) is 1.74. The van der Waals surface area contributed by atoms with Crippen molar-refractivity contribution >= 4 is 0 Å². The lowest BCUT2D eigenvalue weighted by Crippen LogP contribution is -1.99. The van der Waals surface area contributed by atoms with Gasteiger partial charge in [0.15, 0.2) is 11.5 Å². The van der Waals surface area contributed by atoms with Crippen LogP contribution < -0.4 is 14.2 Å². The van der Waals surface area contributed by atoms with Crippen LogP contribution >= 0.6 is 0 Å². The van der Waals surface area contributed by atoms with Crippen molar-refractivity contribution in [2.45, 2.75) is 26.7 Å². The fourth-order valence-electron chi connectivity index (χ4n) is 1.67. The third-order valence-corrected chi connectivity index (χ3v) is 2.46. The Morgan fingerprint density at radius 3 is 2.73 bits per heavy atom. The van der Waals surface area contributed by atoms with E-state index in [0.717, 1.165) is 48.0 Å². The Bertz CT molecular complexity index is 372. The number of fused-ring (bicyclic) bond motifs is 1. The quantitative estimate of drug-likeness (QED) is 0.707. The Labute approximate surface area is 90.0 Å². The first-order chi connectivity index (χ1) is 7.31. The van der Waals surface area contributed by atoms with Gasteiger partial charge in [-0.3, -0.25) is 0 Å². The van der Waals surface area contributed by atoms with E-state index in [2.05, 4.69) is 13.8 Å². The van der Waals surface area contributed by atoms with Crippen molar-refractivity contribution in [3.05, 3.63) is 11.6 Å². The van der Waals surface area contributed by atoms with Gasteiger partial charge in [-0.15, -0.1) is 0 Å². The fraction of sp³-hybridized carbons (Fsp3) is 0.500. The molecule has 0 spiro atoms. The highest BCUT2D eigenvalue weighted by molar-refractivity contribution is 5.70. The Kier molecular flexibility index (Phi) is 2.71. The van der Waals surface area contributed by atoms with Crippen molar-refractivity contribution in [1.29, 1.82) is 0 Å². The van der Waals surface area contributed by atoms with Crippen molar-refractivity contribution in [2.75, 3.05) is 13.7 Å². The van der Waals surface area contributed by atoms with Crippen LogP contribution in [0.15, 0.2) is 6.07 Å². The first-order valence-electron chi connectivity index (χ1n) is 5.36. The molecule has 1 aliphatic rings. The van der Waals surface area contributed by atoms with Gasteiger partial charge in [-0.25, -0.2) is 0 Å². The van der Waals surface area contributed by atoms with Gasteiger partial charge in [0.1, 0.15) is 5.75 Å². The first-order valence-corrected chi connectivity index (χ1v) is 5.36. The van der Waals surface area contributed by atoms with Crippen LogP contribution in [0.2, 0.25) is 0 Å². The molecule has 15 heavy (non-hydrogen) atoms. The lowest BCUT2D eigenvalue weighted by molar-refractivity contribution is 0.308. The molecule has 0 unspecified atom stereocenters. The van der Waals surface area contributed by atoms with Crippen LogP contribution in [0, 0.1) is 0 Å². The second-order valence-corrected chi connectivity index (χ2v) is 3.52. The minimum absolute atomic E-state index is 0.718. The van der Waals surface area contributed by atoms with E-state index in [1.54, 1.807) is 7.11 Å². The molecule has 0 aliphatic carbocycles. The van der Waals surface area contributed by atoms with Gasteiger partial charge in [0, 0.05) is 11.6 Å². The number of hydrogen-bond acceptors (Lipinski definition) is 3. The molecule has 0 atom stereocenters. The largest absolute Gasteiger partial charge is 0.496 e. The highest BCUT2D eigenvalue weighted by atomic mass is 16.6.